The van der Waals surface area contributed by atoms with Crippen molar-refractivity contribution >= 4 is 12.6 Å². The van der Waals surface area contributed by atoms with E-state index in [-0.39, 0.29) is 6.61 Å². The molecule has 0 aromatic heterocycles. The van der Waals surface area contributed by atoms with Gasteiger partial charge in [0.1, 0.15) is 18.3 Å². The van der Waals surface area contributed by atoms with Crippen LogP contribution >= 0.6 is 12.6 Å². The minimum atomic E-state index is -1.28. The number of thiol groups is 1. The minimum absolute atomic E-state index is 0.307. The second kappa shape index (κ2) is 5.11. The van der Waals surface area contributed by atoms with E-state index >= 15 is 0 Å². The highest BCUT2D eigenvalue weighted by Crippen LogP contribution is 2.19. The summed E-state index contributed by atoms with van der Waals surface area (Å²) in [5.74, 6) is 0.333. The highest BCUT2D eigenvalue weighted by atomic mass is 32.1. The highest BCUT2D eigenvalue weighted by Gasteiger charge is 2.36. The van der Waals surface area contributed by atoms with Gasteiger partial charge in [-0.15, -0.1) is 0 Å². The smallest absolute Gasteiger partial charge is 0.111 e. The quantitative estimate of drug-likeness (QED) is 0.186. The maximum absolute atomic E-state index is 9.52. The van der Waals surface area contributed by atoms with Crippen LogP contribution in [0.3, 0.4) is 0 Å². The lowest BCUT2D eigenvalue weighted by Crippen LogP contribution is -2.53. The topological polar surface area (TPSA) is 93.0 Å². The van der Waals surface area contributed by atoms with Crippen LogP contribution < -0.4 is 5.32 Å². The van der Waals surface area contributed by atoms with Crippen LogP contribution in [0.4, 0.5) is 0 Å². The summed E-state index contributed by atoms with van der Waals surface area (Å²) in [6.07, 6.45) is -2.06. The first-order valence-electron chi connectivity index (χ1n) is 4.31. The molecule has 0 saturated heterocycles. The predicted octanol–water partition coefficient (Wildman–Crippen LogP) is -2.15. The van der Waals surface area contributed by atoms with Gasteiger partial charge in [0.25, 0.3) is 0 Å². The fourth-order valence-electron chi connectivity index (χ4n) is 1.48. The van der Waals surface area contributed by atoms with Crippen molar-refractivity contribution in [3.05, 3.63) is 11.6 Å². The van der Waals surface area contributed by atoms with Gasteiger partial charge in [-0.1, -0.05) is 6.08 Å². The molecule has 0 bridgehead atoms. The van der Waals surface area contributed by atoms with Gasteiger partial charge in [0, 0.05) is 5.88 Å². The molecule has 4 atom stereocenters. The summed E-state index contributed by atoms with van der Waals surface area (Å²) in [6, 6.07) is -0.493. The third-order valence-corrected chi connectivity index (χ3v) is 2.51. The number of aliphatic hydroxyl groups excluding tert-OH is 4. The Balaban J connectivity index is 2.81. The van der Waals surface area contributed by atoms with E-state index in [1.165, 1.54) is 6.08 Å². The third kappa shape index (κ3) is 2.28. The standard InChI is InChI=1S/C8H15NO4S/c10-2-4-1-5(9-3-14)7(12)8(13)6(4)11/h1,5-14H,2-3H2/t5-,6+,7+,8?/m1/s1. The minimum Gasteiger partial charge on any atom is -0.392 e. The first-order valence-corrected chi connectivity index (χ1v) is 4.95. The van der Waals surface area contributed by atoms with E-state index in [9.17, 15) is 15.3 Å². The lowest BCUT2D eigenvalue weighted by atomic mass is 9.88. The molecule has 1 rings (SSSR count). The average Bonchev–Trinajstić information content (AvgIpc) is 2.19. The number of nitrogens with one attached hydrogen (secondary N) is 1. The van der Waals surface area contributed by atoms with Crippen LogP contribution in [0.1, 0.15) is 0 Å². The molecule has 5 nitrogen and oxygen atoms in total. The number of hydrogen-bond donors (Lipinski definition) is 6. The van der Waals surface area contributed by atoms with Crippen molar-refractivity contribution in [1.82, 2.24) is 5.32 Å². The molecular weight excluding hydrogens is 206 g/mol. The number of rotatable bonds is 3. The van der Waals surface area contributed by atoms with Crippen molar-refractivity contribution in [3.63, 3.8) is 0 Å². The summed E-state index contributed by atoms with van der Waals surface area (Å²) < 4.78 is 0. The second-order valence-electron chi connectivity index (χ2n) is 3.21. The van der Waals surface area contributed by atoms with E-state index in [1.54, 1.807) is 0 Å². The molecule has 1 aliphatic rings. The molecule has 0 fully saturated rings. The molecule has 0 amide bonds. The molecule has 14 heavy (non-hydrogen) atoms. The fourth-order valence-corrected chi connectivity index (χ4v) is 1.69. The molecule has 0 saturated carbocycles. The first-order chi connectivity index (χ1) is 6.61. The van der Waals surface area contributed by atoms with Gasteiger partial charge in [-0.3, -0.25) is 5.32 Å². The largest absolute Gasteiger partial charge is 0.392 e. The summed E-state index contributed by atoms with van der Waals surface area (Å²) in [5.41, 5.74) is 0.307. The number of hydrogen-bond acceptors (Lipinski definition) is 6. The van der Waals surface area contributed by atoms with Crippen LogP contribution in [0.5, 0.6) is 0 Å². The second-order valence-corrected chi connectivity index (χ2v) is 3.53. The Kier molecular flexibility index (Phi) is 4.36. The van der Waals surface area contributed by atoms with Crippen LogP contribution in [0.15, 0.2) is 11.6 Å². The van der Waals surface area contributed by atoms with E-state index in [1.807, 2.05) is 0 Å². The molecular formula is C8H15NO4S. The maximum atomic E-state index is 9.52. The van der Waals surface area contributed by atoms with Gasteiger partial charge in [0.15, 0.2) is 0 Å². The average molecular weight is 221 g/mol. The molecule has 0 radical (unpaired) electrons. The van der Waals surface area contributed by atoms with Crippen LogP contribution in [0, 0.1) is 0 Å². The SMILES string of the molecule is OCC1=C[C@@H](NCS)[C@H](O)C(O)[C@H]1O. The normalized spacial score (nSPS) is 38.2. The summed E-state index contributed by atoms with van der Waals surface area (Å²) in [4.78, 5) is 0. The van der Waals surface area contributed by atoms with Crippen LogP contribution in [0.25, 0.3) is 0 Å². The lowest BCUT2D eigenvalue weighted by molar-refractivity contribution is -0.0634. The van der Waals surface area contributed by atoms with Crippen molar-refractivity contribution in [3.8, 4) is 0 Å². The van der Waals surface area contributed by atoms with Crippen LogP contribution in [-0.2, 0) is 0 Å². The lowest BCUT2D eigenvalue weighted by Gasteiger charge is -2.34. The molecule has 5 N–H and O–H groups in total. The molecule has 1 aliphatic carbocycles. The zero-order valence-corrected chi connectivity index (χ0v) is 8.43. The Labute approximate surface area is 87.5 Å². The van der Waals surface area contributed by atoms with Gasteiger partial charge in [0.2, 0.25) is 0 Å². The van der Waals surface area contributed by atoms with Gasteiger partial charge >= 0.3 is 0 Å². The van der Waals surface area contributed by atoms with Crippen LogP contribution in [-0.4, -0.2) is 57.3 Å². The molecule has 82 valence electrons. The van der Waals surface area contributed by atoms with Crippen molar-refractivity contribution in [2.75, 3.05) is 12.5 Å². The predicted molar refractivity (Wildman–Crippen MR) is 54.0 cm³/mol. The first kappa shape index (κ1) is 12.0. The molecule has 6 heteroatoms. The van der Waals surface area contributed by atoms with Crippen molar-refractivity contribution in [1.29, 1.82) is 0 Å². The van der Waals surface area contributed by atoms with E-state index in [4.69, 9.17) is 5.11 Å². The van der Waals surface area contributed by atoms with E-state index < -0.39 is 24.4 Å². The van der Waals surface area contributed by atoms with Crippen LogP contribution in [0.2, 0.25) is 0 Å². The summed E-state index contributed by atoms with van der Waals surface area (Å²) >= 11 is 3.92. The Morgan fingerprint density at radius 2 is 1.93 bits per heavy atom. The molecule has 0 aromatic carbocycles. The van der Waals surface area contributed by atoms with Crippen molar-refractivity contribution in [2.24, 2.45) is 0 Å². The molecule has 0 aliphatic heterocycles. The molecule has 0 spiro atoms. The van der Waals surface area contributed by atoms with Gasteiger partial charge in [-0.25, -0.2) is 0 Å². The van der Waals surface area contributed by atoms with Gasteiger partial charge in [-0.05, 0) is 5.57 Å². The summed E-state index contributed by atoms with van der Waals surface area (Å²) in [6.45, 7) is -0.338. The Bertz CT molecular complexity index is 223. The molecule has 1 unspecified atom stereocenters. The maximum Gasteiger partial charge on any atom is 0.111 e. The third-order valence-electron chi connectivity index (χ3n) is 2.32. The van der Waals surface area contributed by atoms with E-state index in [0.29, 0.717) is 11.4 Å². The van der Waals surface area contributed by atoms with Gasteiger partial charge in [0.05, 0.1) is 12.6 Å². The monoisotopic (exact) mass is 221 g/mol. The highest BCUT2D eigenvalue weighted by molar-refractivity contribution is 7.80. The Morgan fingerprint density at radius 3 is 2.43 bits per heavy atom. The Morgan fingerprint density at radius 1 is 1.29 bits per heavy atom. The van der Waals surface area contributed by atoms with E-state index in [0.717, 1.165) is 0 Å². The fraction of sp³-hybridized carbons (Fsp3) is 0.750. The van der Waals surface area contributed by atoms with Gasteiger partial charge in [-0.2, -0.15) is 12.6 Å². The number of aliphatic hydroxyl groups is 4. The summed E-state index contributed by atoms with van der Waals surface area (Å²) in [7, 11) is 0. The zero-order valence-electron chi connectivity index (χ0n) is 7.54. The molecule has 0 heterocycles. The zero-order chi connectivity index (χ0) is 10.7. The Hall–Kier alpha value is -0.110. The van der Waals surface area contributed by atoms with Gasteiger partial charge < -0.3 is 20.4 Å². The van der Waals surface area contributed by atoms with Crippen molar-refractivity contribution in [2.45, 2.75) is 24.4 Å². The van der Waals surface area contributed by atoms with Crippen molar-refractivity contribution < 1.29 is 20.4 Å². The van der Waals surface area contributed by atoms with E-state index in [2.05, 4.69) is 17.9 Å². The molecule has 0 aromatic rings. The summed E-state index contributed by atoms with van der Waals surface area (Å²) in [5, 5.41) is 40.0.